The number of nitrogens with one attached hydrogen (secondary N) is 1. The van der Waals surface area contributed by atoms with Gasteiger partial charge in [-0.1, -0.05) is 32.3 Å². The van der Waals surface area contributed by atoms with Gasteiger partial charge in [0, 0.05) is 6.54 Å². The normalized spacial score (nSPS) is 12.4. The topological polar surface area (TPSA) is 41.5 Å². The molecule has 0 spiro atoms. The smallest absolute Gasteiger partial charge is 0.119 e. The zero-order chi connectivity index (χ0) is 14.8. The van der Waals surface area contributed by atoms with Gasteiger partial charge in [-0.05, 0) is 50.1 Å². The van der Waals surface area contributed by atoms with Crippen molar-refractivity contribution in [2.45, 2.75) is 52.6 Å². The van der Waals surface area contributed by atoms with Crippen molar-refractivity contribution in [3.8, 4) is 5.75 Å². The van der Waals surface area contributed by atoms with Gasteiger partial charge in [-0.25, -0.2) is 0 Å². The summed E-state index contributed by atoms with van der Waals surface area (Å²) in [5, 5.41) is 13.1. The predicted molar refractivity (Wildman–Crippen MR) is 84.4 cm³/mol. The summed E-state index contributed by atoms with van der Waals surface area (Å²) in [6.07, 6.45) is 4.53. The number of ether oxygens (including phenoxy) is 1. The van der Waals surface area contributed by atoms with Gasteiger partial charge in [0.1, 0.15) is 18.5 Å². The largest absolute Gasteiger partial charge is 0.491 e. The van der Waals surface area contributed by atoms with E-state index in [4.69, 9.17) is 4.74 Å². The van der Waals surface area contributed by atoms with Crippen LogP contribution in [0, 0.1) is 13.8 Å². The predicted octanol–water partition coefficient (Wildman–Crippen LogP) is 3.21. The van der Waals surface area contributed by atoms with Gasteiger partial charge in [0.15, 0.2) is 0 Å². The lowest BCUT2D eigenvalue weighted by Gasteiger charge is -2.14. The highest BCUT2D eigenvalue weighted by Gasteiger charge is 2.05. The number of unbranched alkanes of at least 4 members (excludes halogenated alkanes) is 3. The molecule has 1 aromatic rings. The molecule has 1 rings (SSSR count). The van der Waals surface area contributed by atoms with Gasteiger partial charge in [-0.2, -0.15) is 0 Å². The van der Waals surface area contributed by atoms with E-state index in [1.165, 1.54) is 36.8 Å². The van der Waals surface area contributed by atoms with Crippen LogP contribution < -0.4 is 10.1 Å². The Morgan fingerprint density at radius 1 is 1.10 bits per heavy atom. The summed E-state index contributed by atoms with van der Waals surface area (Å²) < 4.78 is 5.64. The minimum Gasteiger partial charge on any atom is -0.491 e. The van der Waals surface area contributed by atoms with E-state index in [-0.39, 0.29) is 0 Å². The molecule has 0 aliphatic rings. The average molecular weight is 279 g/mol. The second-order valence-electron chi connectivity index (χ2n) is 5.55. The van der Waals surface area contributed by atoms with E-state index in [0.29, 0.717) is 13.2 Å². The molecule has 0 fully saturated rings. The van der Waals surface area contributed by atoms with Crippen LogP contribution in [0.25, 0.3) is 0 Å². The number of benzene rings is 1. The fourth-order valence-corrected chi connectivity index (χ4v) is 2.21. The molecule has 0 bridgehead atoms. The highest BCUT2D eigenvalue weighted by molar-refractivity contribution is 5.32. The van der Waals surface area contributed by atoms with Crippen LogP contribution in [0.4, 0.5) is 0 Å². The van der Waals surface area contributed by atoms with Gasteiger partial charge in [-0.15, -0.1) is 0 Å². The fraction of sp³-hybridized carbons (Fsp3) is 0.647. The van der Waals surface area contributed by atoms with Gasteiger partial charge in [0.05, 0.1) is 0 Å². The standard InChI is InChI=1S/C17H29NO2/c1-4-5-6-7-8-18-12-16(19)13-20-17-10-14(2)9-15(3)11-17/h9-11,16,18-19H,4-8,12-13H2,1-3H3. The molecule has 0 aliphatic heterocycles. The molecule has 0 saturated heterocycles. The van der Waals surface area contributed by atoms with Crippen molar-refractivity contribution in [3.05, 3.63) is 29.3 Å². The van der Waals surface area contributed by atoms with Crippen molar-refractivity contribution >= 4 is 0 Å². The van der Waals surface area contributed by atoms with Crippen LogP contribution in [0.5, 0.6) is 5.75 Å². The highest BCUT2D eigenvalue weighted by Crippen LogP contribution is 2.16. The summed E-state index contributed by atoms with van der Waals surface area (Å²) in [5.41, 5.74) is 2.37. The van der Waals surface area contributed by atoms with Gasteiger partial charge in [0.2, 0.25) is 0 Å². The minimum absolute atomic E-state index is 0.338. The van der Waals surface area contributed by atoms with Crippen molar-refractivity contribution in [1.29, 1.82) is 0 Å². The van der Waals surface area contributed by atoms with Crippen LogP contribution in [0.15, 0.2) is 18.2 Å². The summed E-state index contributed by atoms with van der Waals surface area (Å²) in [5.74, 6) is 0.837. The third-order valence-electron chi connectivity index (χ3n) is 3.22. The molecule has 2 N–H and O–H groups in total. The Labute approximate surface area is 123 Å². The van der Waals surface area contributed by atoms with Gasteiger partial charge in [-0.3, -0.25) is 0 Å². The molecule has 0 heterocycles. The SMILES string of the molecule is CCCCCCNCC(O)COc1cc(C)cc(C)c1. The van der Waals surface area contributed by atoms with E-state index in [1.807, 2.05) is 26.0 Å². The molecule has 114 valence electrons. The summed E-state index contributed by atoms with van der Waals surface area (Å²) in [7, 11) is 0. The second kappa shape index (κ2) is 9.78. The van der Waals surface area contributed by atoms with Crippen molar-refractivity contribution in [2.24, 2.45) is 0 Å². The molecule has 0 radical (unpaired) electrons. The number of hydrogen-bond donors (Lipinski definition) is 2. The monoisotopic (exact) mass is 279 g/mol. The van der Waals surface area contributed by atoms with Crippen molar-refractivity contribution < 1.29 is 9.84 Å². The van der Waals surface area contributed by atoms with Crippen molar-refractivity contribution in [3.63, 3.8) is 0 Å². The summed E-state index contributed by atoms with van der Waals surface area (Å²) in [6.45, 7) is 8.21. The zero-order valence-corrected chi connectivity index (χ0v) is 13.1. The van der Waals surface area contributed by atoms with Crippen LogP contribution in [-0.2, 0) is 0 Å². The fourth-order valence-electron chi connectivity index (χ4n) is 2.21. The lowest BCUT2D eigenvalue weighted by Crippen LogP contribution is -2.32. The van der Waals surface area contributed by atoms with E-state index < -0.39 is 6.10 Å². The third-order valence-corrected chi connectivity index (χ3v) is 3.22. The summed E-state index contributed by atoms with van der Waals surface area (Å²) in [4.78, 5) is 0. The van der Waals surface area contributed by atoms with Crippen LogP contribution in [-0.4, -0.2) is 30.9 Å². The van der Waals surface area contributed by atoms with E-state index in [9.17, 15) is 5.11 Å². The maximum atomic E-state index is 9.86. The first-order valence-corrected chi connectivity index (χ1v) is 7.71. The first kappa shape index (κ1) is 17.0. The molecule has 0 aromatic heterocycles. The number of aliphatic hydroxyl groups excluding tert-OH is 1. The molecule has 1 unspecified atom stereocenters. The number of rotatable bonds is 10. The Morgan fingerprint density at radius 2 is 1.80 bits per heavy atom. The molecule has 0 aliphatic carbocycles. The van der Waals surface area contributed by atoms with Crippen molar-refractivity contribution in [1.82, 2.24) is 5.32 Å². The van der Waals surface area contributed by atoms with Gasteiger partial charge >= 0.3 is 0 Å². The number of hydrogen-bond acceptors (Lipinski definition) is 3. The Morgan fingerprint density at radius 3 is 2.45 bits per heavy atom. The van der Waals surface area contributed by atoms with Crippen LogP contribution >= 0.6 is 0 Å². The van der Waals surface area contributed by atoms with E-state index in [1.54, 1.807) is 0 Å². The maximum Gasteiger partial charge on any atom is 0.119 e. The number of aliphatic hydroxyl groups is 1. The maximum absolute atomic E-state index is 9.86. The van der Waals surface area contributed by atoms with E-state index in [0.717, 1.165) is 12.3 Å². The third kappa shape index (κ3) is 7.51. The lowest BCUT2D eigenvalue weighted by molar-refractivity contribution is 0.106. The molecule has 1 atom stereocenters. The zero-order valence-electron chi connectivity index (χ0n) is 13.1. The van der Waals surface area contributed by atoms with E-state index in [2.05, 4.69) is 18.3 Å². The molecular weight excluding hydrogens is 250 g/mol. The molecule has 1 aromatic carbocycles. The minimum atomic E-state index is -0.456. The molecule has 0 amide bonds. The van der Waals surface area contributed by atoms with Crippen LogP contribution in [0.2, 0.25) is 0 Å². The first-order chi connectivity index (χ1) is 9.61. The lowest BCUT2D eigenvalue weighted by atomic mass is 10.1. The van der Waals surface area contributed by atoms with Crippen LogP contribution in [0.3, 0.4) is 0 Å². The summed E-state index contributed by atoms with van der Waals surface area (Å²) in [6, 6.07) is 6.11. The highest BCUT2D eigenvalue weighted by atomic mass is 16.5. The van der Waals surface area contributed by atoms with Crippen molar-refractivity contribution in [2.75, 3.05) is 19.7 Å². The Kier molecular flexibility index (Phi) is 8.31. The van der Waals surface area contributed by atoms with E-state index >= 15 is 0 Å². The molecular formula is C17H29NO2. The van der Waals surface area contributed by atoms with Gasteiger partial charge < -0.3 is 15.2 Å². The molecule has 0 saturated carbocycles. The average Bonchev–Trinajstić information content (AvgIpc) is 2.39. The first-order valence-electron chi connectivity index (χ1n) is 7.71. The Balaban J connectivity index is 2.14. The Hall–Kier alpha value is -1.06. The number of aryl methyl sites for hydroxylation is 2. The Bertz CT molecular complexity index is 359. The molecule has 3 nitrogen and oxygen atoms in total. The second-order valence-corrected chi connectivity index (χ2v) is 5.55. The quantitative estimate of drug-likeness (QED) is 0.646. The summed E-state index contributed by atoms with van der Waals surface area (Å²) >= 11 is 0. The van der Waals surface area contributed by atoms with Gasteiger partial charge in [0.25, 0.3) is 0 Å². The molecule has 3 heteroatoms. The molecule has 20 heavy (non-hydrogen) atoms. The van der Waals surface area contributed by atoms with Crippen LogP contribution in [0.1, 0.15) is 43.7 Å².